The Morgan fingerprint density at radius 1 is 1.60 bits per heavy atom. The molecule has 1 aliphatic heterocycles. The van der Waals surface area contributed by atoms with Gasteiger partial charge in [-0.25, -0.2) is 4.98 Å². The van der Waals surface area contributed by atoms with Crippen LogP contribution in [0, 0.1) is 12.8 Å². The third kappa shape index (κ3) is 3.48. The van der Waals surface area contributed by atoms with Gasteiger partial charge in [0.15, 0.2) is 5.15 Å². The highest BCUT2D eigenvalue weighted by molar-refractivity contribution is 9.10. The number of anilines is 1. The number of rotatable bonds is 3. The lowest BCUT2D eigenvalue weighted by atomic mass is 10.1. The normalized spacial score (nSPS) is 19.7. The molecule has 1 aliphatic rings. The van der Waals surface area contributed by atoms with E-state index >= 15 is 0 Å². The minimum atomic E-state index is -4.60. The molecule has 0 spiro atoms. The van der Waals surface area contributed by atoms with Gasteiger partial charge in [0.25, 0.3) is 0 Å². The Hall–Kier alpha value is -0.730. The van der Waals surface area contributed by atoms with Crippen LogP contribution in [0.1, 0.15) is 12.1 Å². The van der Waals surface area contributed by atoms with Gasteiger partial charge in [0.1, 0.15) is 0 Å². The van der Waals surface area contributed by atoms with Crippen molar-refractivity contribution in [3.63, 3.8) is 0 Å². The number of carbonyl (C=O) groups excluding carboxylic acids is 1. The largest absolute Gasteiger partial charge is 0.309 e. The van der Waals surface area contributed by atoms with Crippen molar-refractivity contribution in [2.24, 2.45) is 5.92 Å². The Bertz CT molecular complexity index is 668. The van der Waals surface area contributed by atoms with E-state index in [1.807, 2.05) is 0 Å². The summed E-state index contributed by atoms with van der Waals surface area (Å²) in [6.45, 7) is 1.86. The van der Waals surface area contributed by atoms with E-state index in [2.05, 4.69) is 20.9 Å². The quantitative estimate of drug-likeness (QED) is 0.592. The summed E-state index contributed by atoms with van der Waals surface area (Å²) >= 11 is 9.31. The standard InChI is InChI=1S/C11H11BrClFN2O3S/c1-6-8(12)3-9(11(13)15-6)16-4-7(2-10(16)17)5-20(14,18)19/h3,7H,2,4-5H2,1H3. The number of hydrogen-bond donors (Lipinski definition) is 0. The van der Waals surface area contributed by atoms with Crippen LogP contribution in [0.4, 0.5) is 9.57 Å². The lowest BCUT2D eigenvalue weighted by molar-refractivity contribution is -0.117. The molecule has 1 aromatic rings. The van der Waals surface area contributed by atoms with E-state index in [0.29, 0.717) is 15.9 Å². The fraction of sp³-hybridized carbons (Fsp3) is 0.455. The van der Waals surface area contributed by atoms with Crippen LogP contribution < -0.4 is 4.90 Å². The molecule has 1 aromatic heterocycles. The van der Waals surface area contributed by atoms with Crippen molar-refractivity contribution < 1.29 is 17.1 Å². The van der Waals surface area contributed by atoms with Gasteiger partial charge < -0.3 is 4.90 Å². The molecule has 0 radical (unpaired) electrons. The number of aryl methyl sites for hydroxylation is 1. The van der Waals surface area contributed by atoms with Crippen LogP contribution in [-0.4, -0.2) is 31.6 Å². The molecule has 2 heterocycles. The highest BCUT2D eigenvalue weighted by Gasteiger charge is 2.35. The number of halogens is 3. The fourth-order valence-electron chi connectivity index (χ4n) is 2.14. The average molecular weight is 386 g/mol. The Morgan fingerprint density at radius 3 is 2.85 bits per heavy atom. The Labute approximate surface area is 129 Å². The molecule has 1 atom stereocenters. The van der Waals surface area contributed by atoms with Crippen LogP contribution in [0.3, 0.4) is 0 Å². The number of aromatic nitrogens is 1. The molecule has 0 bridgehead atoms. The summed E-state index contributed by atoms with van der Waals surface area (Å²) in [5, 5.41) is 0.155. The number of carbonyl (C=O) groups is 1. The second kappa shape index (κ2) is 5.57. The molecule has 0 N–H and O–H groups in total. The molecule has 1 fully saturated rings. The van der Waals surface area contributed by atoms with Gasteiger partial charge in [0.05, 0.1) is 17.1 Å². The van der Waals surface area contributed by atoms with Crippen LogP contribution in [0.2, 0.25) is 5.15 Å². The molecule has 20 heavy (non-hydrogen) atoms. The Kier molecular flexibility index (Phi) is 4.36. The Morgan fingerprint density at radius 2 is 2.25 bits per heavy atom. The summed E-state index contributed by atoms with van der Waals surface area (Å²) in [4.78, 5) is 17.4. The molecule has 1 saturated heterocycles. The Balaban J connectivity index is 2.26. The predicted molar refractivity (Wildman–Crippen MR) is 77.0 cm³/mol. The maximum absolute atomic E-state index is 12.7. The lowest BCUT2D eigenvalue weighted by Gasteiger charge is -2.18. The van der Waals surface area contributed by atoms with Gasteiger partial charge in [-0.1, -0.05) is 11.6 Å². The van der Waals surface area contributed by atoms with E-state index in [-0.39, 0.29) is 24.0 Å². The van der Waals surface area contributed by atoms with Gasteiger partial charge in [-0.05, 0) is 28.9 Å². The van der Waals surface area contributed by atoms with Crippen LogP contribution in [-0.2, 0) is 15.0 Å². The van der Waals surface area contributed by atoms with E-state index in [9.17, 15) is 17.1 Å². The first-order chi connectivity index (χ1) is 9.17. The van der Waals surface area contributed by atoms with Crippen molar-refractivity contribution in [1.29, 1.82) is 0 Å². The van der Waals surface area contributed by atoms with Crippen LogP contribution in [0.5, 0.6) is 0 Å². The summed E-state index contributed by atoms with van der Waals surface area (Å²) in [6.07, 6.45) is -0.0228. The zero-order valence-electron chi connectivity index (χ0n) is 10.4. The molecule has 0 aromatic carbocycles. The zero-order valence-corrected chi connectivity index (χ0v) is 13.6. The minimum absolute atomic E-state index is 0.0228. The van der Waals surface area contributed by atoms with Crippen LogP contribution >= 0.6 is 27.5 Å². The lowest BCUT2D eigenvalue weighted by Crippen LogP contribution is -2.26. The first-order valence-electron chi connectivity index (χ1n) is 5.72. The predicted octanol–water partition coefficient (Wildman–Crippen LogP) is 2.46. The summed E-state index contributed by atoms with van der Waals surface area (Å²) in [6, 6.07) is 1.65. The van der Waals surface area contributed by atoms with E-state index in [1.54, 1.807) is 13.0 Å². The first kappa shape index (κ1) is 15.7. The number of hydrogen-bond acceptors (Lipinski definition) is 4. The van der Waals surface area contributed by atoms with E-state index in [0.717, 1.165) is 0 Å². The van der Waals surface area contributed by atoms with Gasteiger partial charge in [0, 0.05) is 23.4 Å². The first-order valence-corrected chi connectivity index (χ1v) is 8.45. The monoisotopic (exact) mass is 384 g/mol. The summed E-state index contributed by atoms with van der Waals surface area (Å²) in [5.41, 5.74) is 1.07. The van der Waals surface area contributed by atoms with E-state index in [1.165, 1.54) is 4.90 Å². The highest BCUT2D eigenvalue weighted by Crippen LogP contribution is 2.33. The maximum Gasteiger partial charge on any atom is 0.302 e. The molecule has 1 unspecified atom stereocenters. The van der Waals surface area contributed by atoms with E-state index < -0.39 is 21.9 Å². The molecule has 1 amide bonds. The number of pyridine rings is 1. The maximum atomic E-state index is 12.7. The van der Waals surface area contributed by atoms with Gasteiger partial charge in [0.2, 0.25) is 5.91 Å². The highest BCUT2D eigenvalue weighted by atomic mass is 79.9. The zero-order chi connectivity index (χ0) is 15.1. The SMILES string of the molecule is Cc1nc(Cl)c(N2CC(CS(=O)(=O)F)CC2=O)cc1Br. The summed E-state index contributed by atoms with van der Waals surface area (Å²) in [7, 11) is -4.60. The van der Waals surface area contributed by atoms with Crippen molar-refractivity contribution in [2.75, 3.05) is 17.2 Å². The number of nitrogens with zero attached hydrogens (tertiary/aromatic N) is 2. The second-order valence-corrected chi connectivity index (χ2v) is 7.27. The smallest absolute Gasteiger partial charge is 0.302 e. The summed E-state index contributed by atoms with van der Waals surface area (Å²) < 4.78 is 34.7. The van der Waals surface area contributed by atoms with Gasteiger partial charge in [-0.2, -0.15) is 8.42 Å². The van der Waals surface area contributed by atoms with Crippen molar-refractivity contribution >= 4 is 49.3 Å². The average Bonchev–Trinajstić information content (AvgIpc) is 2.62. The molecular formula is C11H11BrClFN2O3S. The molecule has 2 rings (SSSR count). The number of amides is 1. The summed E-state index contributed by atoms with van der Waals surface area (Å²) in [5.74, 6) is -1.53. The third-order valence-electron chi connectivity index (χ3n) is 3.02. The molecule has 9 heteroatoms. The topological polar surface area (TPSA) is 67.3 Å². The minimum Gasteiger partial charge on any atom is -0.309 e. The third-order valence-corrected chi connectivity index (χ3v) is 4.97. The van der Waals surface area contributed by atoms with Crippen molar-refractivity contribution in [3.05, 3.63) is 21.4 Å². The van der Waals surface area contributed by atoms with Gasteiger partial charge >= 0.3 is 10.2 Å². The fourth-order valence-corrected chi connectivity index (χ4v) is 3.51. The molecule has 110 valence electrons. The van der Waals surface area contributed by atoms with Crippen molar-refractivity contribution in [1.82, 2.24) is 4.98 Å². The van der Waals surface area contributed by atoms with Crippen LogP contribution in [0.25, 0.3) is 0 Å². The van der Waals surface area contributed by atoms with Crippen molar-refractivity contribution in [3.8, 4) is 0 Å². The van der Waals surface area contributed by atoms with Gasteiger partial charge in [-0.15, -0.1) is 3.89 Å². The van der Waals surface area contributed by atoms with E-state index in [4.69, 9.17) is 11.6 Å². The second-order valence-electron chi connectivity index (χ2n) is 4.65. The van der Waals surface area contributed by atoms with Crippen LogP contribution in [0.15, 0.2) is 10.5 Å². The molecule has 0 aliphatic carbocycles. The van der Waals surface area contributed by atoms with Crippen molar-refractivity contribution in [2.45, 2.75) is 13.3 Å². The molecule has 5 nitrogen and oxygen atoms in total. The molecule has 0 saturated carbocycles. The van der Waals surface area contributed by atoms with Gasteiger partial charge in [-0.3, -0.25) is 4.79 Å². The molecular weight excluding hydrogens is 375 g/mol.